The zero-order valence-corrected chi connectivity index (χ0v) is 23.2. The molecular formula is C29H29IN4O4. The third-order valence-corrected chi connectivity index (χ3v) is 10.7. The Bertz CT molecular complexity index is 1460. The summed E-state index contributed by atoms with van der Waals surface area (Å²) in [4.78, 5) is 32.1. The average molecular weight is 624 g/mol. The molecule has 4 aromatic rings. The minimum atomic E-state index is -3.71. The van der Waals surface area contributed by atoms with E-state index in [0.29, 0.717) is 38.4 Å². The normalized spacial score (nSPS) is 15.7. The molecule has 0 bridgehead atoms. The van der Waals surface area contributed by atoms with E-state index < -0.39 is 18.4 Å². The number of rotatable bonds is 9. The summed E-state index contributed by atoms with van der Waals surface area (Å²) in [5.41, 5.74) is 3.50. The first-order valence-electron chi connectivity index (χ1n) is 12.2. The van der Waals surface area contributed by atoms with Crippen molar-refractivity contribution in [3.8, 4) is 17.0 Å². The van der Waals surface area contributed by atoms with Crippen molar-refractivity contribution in [1.82, 2.24) is 14.9 Å². The molecule has 1 unspecified atom stereocenters. The quantitative estimate of drug-likeness (QED) is 0.119. The number of carbonyl (C=O) groups is 2. The fourth-order valence-corrected chi connectivity index (χ4v) is 6.37. The summed E-state index contributed by atoms with van der Waals surface area (Å²) in [5, 5.41) is 3.00. The molecule has 9 heteroatoms. The van der Waals surface area contributed by atoms with Crippen LogP contribution < -0.4 is 15.0 Å². The molecule has 2 heterocycles. The fraction of sp³-hybridized carbons (Fsp3) is 0.207. The van der Waals surface area contributed by atoms with Gasteiger partial charge in [0.05, 0.1) is 0 Å². The standard InChI is InChI=1S/C29H29IN4O4/c1-30(37,20-35)24-13-11-22(12-14-24)19-38-28-10-6-5-9-26(28)27-18-34(21-32-27)29(36)31-15-23-16-33(17-23)25-7-3-2-4-8-25/h2-14,18,20-21,23H,15-17,19H2,1H3,(H,31,36). The number of amides is 1. The summed E-state index contributed by atoms with van der Waals surface area (Å²) in [6, 6.07) is 24.7. The predicted molar refractivity (Wildman–Crippen MR) is 155 cm³/mol. The van der Waals surface area contributed by atoms with Crippen molar-refractivity contribution >= 4 is 34.4 Å². The van der Waals surface area contributed by atoms with E-state index in [1.165, 1.54) is 21.5 Å². The number of halogens is 1. The van der Waals surface area contributed by atoms with Crippen LogP contribution in [0.3, 0.4) is 0 Å². The molecule has 0 radical (unpaired) electrons. The van der Waals surface area contributed by atoms with Crippen LogP contribution in [0.5, 0.6) is 5.75 Å². The van der Waals surface area contributed by atoms with Crippen LogP contribution in [-0.4, -0.2) is 44.4 Å². The van der Waals surface area contributed by atoms with Crippen molar-refractivity contribution in [2.75, 3.05) is 29.5 Å². The van der Waals surface area contributed by atoms with Gasteiger partial charge >= 0.3 is 150 Å². The summed E-state index contributed by atoms with van der Waals surface area (Å²) < 4.78 is 21.0. The van der Waals surface area contributed by atoms with Crippen LogP contribution in [-0.2, 0) is 14.5 Å². The van der Waals surface area contributed by atoms with Gasteiger partial charge in [-0.25, -0.2) is 4.79 Å². The van der Waals surface area contributed by atoms with Crippen molar-refractivity contribution in [1.29, 1.82) is 0 Å². The van der Waals surface area contributed by atoms with E-state index >= 15 is 0 Å². The molecule has 38 heavy (non-hydrogen) atoms. The Morgan fingerprint density at radius 2 is 1.76 bits per heavy atom. The van der Waals surface area contributed by atoms with Gasteiger partial charge in [-0.05, 0) is 12.1 Å². The monoisotopic (exact) mass is 624 g/mol. The molecule has 0 spiro atoms. The molecule has 1 aliphatic heterocycles. The summed E-state index contributed by atoms with van der Waals surface area (Å²) in [6.45, 7) is 2.74. The van der Waals surface area contributed by atoms with Crippen molar-refractivity contribution in [2.24, 2.45) is 5.92 Å². The van der Waals surface area contributed by atoms with E-state index in [2.05, 4.69) is 27.3 Å². The van der Waals surface area contributed by atoms with Gasteiger partial charge in [-0.3, -0.25) is 0 Å². The number of hydrogen-bond acceptors (Lipinski definition) is 6. The molecule has 1 fully saturated rings. The van der Waals surface area contributed by atoms with Gasteiger partial charge in [0.15, 0.2) is 0 Å². The van der Waals surface area contributed by atoms with E-state index in [-0.39, 0.29) is 6.03 Å². The van der Waals surface area contributed by atoms with E-state index in [9.17, 15) is 12.7 Å². The SMILES string of the molecule is CI(=O)(C=O)c1ccc(COc2ccccc2-c2cn(C(=O)NCC3CN(c4ccccc4)C3)cn2)cc1. The Morgan fingerprint density at radius 1 is 1.05 bits per heavy atom. The molecule has 8 nitrogen and oxygen atoms in total. The summed E-state index contributed by atoms with van der Waals surface area (Å²) in [7, 11) is 0. The number of anilines is 1. The third kappa shape index (κ3) is 5.83. The van der Waals surface area contributed by atoms with Gasteiger partial charge < -0.3 is 10.2 Å². The minimum absolute atomic E-state index is 0.217. The second-order valence-corrected chi connectivity index (χ2v) is 15.8. The molecule has 1 saturated heterocycles. The van der Waals surface area contributed by atoms with E-state index in [4.69, 9.17) is 4.74 Å². The average Bonchev–Trinajstić information content (AvgIpc) is 3.42. The number of imidazole rings is 1. The van der Waals surface area contributed by atoms with E-state index in [1.807, 2.05) is 54.6 Å². The first-order chi connectivity index (χ1) is 18.4. The van der Waals surface area contributed by atoms with Gasteiger partial charge in [-0.2, -0.15) is 0 Å². The number of ether oxygens (including phenoxy) is 1. The number of aromatic nitrogens is 2. The fourth-order valence-electron chi connectivity index (χ4n) is 4.29. The molecule has 196 valence electrons. The molecule has 0 saturated carbocycles. The molecular weight excluding hydrogens is 595 g/mol. The topological polar surface area (TPSA) is 93.5 Å². The summed E-state index contributed by atoms with van der Waals surface area (Å²) in [6.07, 6.45) is 3.21. The van der Waals surface area contributed by atoms with E-state index in [0.717, 1.165) is 24.2 Å². The zero-order valence-electron chi connectivity index (χ0n) is 21.0. The van der Waals surface area contributed by atoms with Crippen LogP contribution in [0, 0.1) is 9.49 Å². The molecule has 0 aliphatic carbocycles. The molecule has 1 atom stereocenters. The summed E-state index contributed by atoms with van der Waals surface area (Å²) in [5.74, 6) is 1.05. The number of nitrogens with one attached hydrogen (secondary N) is 1. The second kappa shape index (κ2) is 11.3. The number of carbonyl (C=O) groups excluding carboxylic acids is 2. The number of hydrogen-bond donors (Lipinski definition) is 1. The van der Waals surface area contributed by atoms with Crippen LogP contribution in [0.1, 0.15) is 5.56 Å². The Kier molecular flexibility index (Phi) is 7.64. The second-order valence-electron chi connectivity index (χ2n) is 9.30. The Hall–Kier alpha value is -3.86. The first kappa shape index (κ1) is 25.8. The maximum atomic E-state index is 12.7. The van der Waals surface area contributed by atoms with Gasteiger partial charge in [0.25, 0.3) is 0 Å². The maximum absolute atomic E-state index is 12.7. The molecule has 3 aromatic carbocycles. The molecule has 1 aromatic heterocycles. The Balaban J connectivity index is 1.17. The molecule has 5 rings (SSSR count). The summed E-state index contributed by atoms with van der Waals surface area (Å²) >= 11 is -3.71. The number of nitrogens with zero attached hydrogens (tertiary/aromatic N) is 3. The van der Waals surface area contributed by atoms with Crippen molar-refractivity contribution < 1.29 is 17.4 Å². The number of benzene rings is 3. The number of alkyl halides is 1. The van der Waals surface area contributed by atoms with Gasteiger partial charge in [-0.1, -0.05) is 18.2 Å². The molecule has 1 amide bonds. The van der Waals surface area contributed by atoms with Gasteiger partial charge in [0, 0.05) is 31.2 Å². The first-order valence-corrected chi connectivity index (χ1v) is 17.6. The number of para-hydroxylation sites is 2. The van der Waals surface area contributed by atoms with Gasteiger partial charge in [0.1, 0.15) is 0 Å². The van der Waals surface area contributed by atoms with Crippen LogP contribution in [0.15, 0.2) is 91.4 Å². The molecule has 1 N–H and O–H groups in total. The van der Waals surface area contributed by atoms with Gasteiger partial charge in [-0.15, -0.1) is 0 Å². The third-order valence-electron chi connectivity index (χ3n) is 6.51. The van der Waals surface area contributed by atoms with Crippen LogP contribution in [0.25, 0.3) is 11.3 Å². The Labute approximate surface area is 225 Å². The Morgan fingerprint density at radius 3 is 2.50 bits per heavy atom. The van der Waals surface area contributed by atoms with Crippen LogP contribution >= 0.6 is 18.4 Å². The van der Waals surface area contributed by atoms with Crippen molar-refractivity contribution in [3.63, 3.8) is 0 Å². The molecule has 1 aliphatic rings. The van der Waals surface area contributed by atoms with Crippen molar-refractivity contribution in [3.05, 3.63) is 101 Å². The van der Waals surface area contributed by atoms with Crippen molar-refractivity contribution in [2.45, 2.75) is 6.61 Å². The van der Waals surface area contributed by atoms with Crippen LogP contribution in [0.4, 0.5) is 10.5 Å². The van der Waals surface area contributed by atoms with E-state index in [1.54, 1.807) is 18.3 Å². The predicted octanol–water partition coefficient (Wildman–Crippen LogP) is 5.20. The zero-order chi connectivity index (χ0) is 26.5. The van der Waals surface area contributed by atoms with Gasteiger partial charge in [0.2, 0.25) is 0 Å². The van der Waals surface area contributed by atoms with Crippen LogP contribution in [0.2, 0.25) is 0 Å².